The van der Waals surface area contributed by atoms with E-state index in [-0.39, 0.29) is 12.5 Å². The summed E-state index contributed by atoms with van der Waals surface area (Å²) in [4.78, 5) is 17.5. The lowest BCUT2D eigenvalue weighted by Gasteiger charge is -2.09. The number of allylic oxidation sites excluding steroid dienone is 1. The van der Waals surface area contributed by atoms with Gasteiger partial charge in [0.2, 0.25) is 11.7 Å². The third kappa shape index (κ3) is 3.95. The quantitative estimate of drug-likeness (QED) is 0.657. The van der Waals surface area contributed by atoms with E-state index >= 15 is 0 Å². The van der Waals surface area contributed by atoms with Crippen LogP contribution in [0.15, 0.2) is 52.9 Å². The number of aromatic nitrogens is 2. The Balaban J connectivity index is 1.66. The molecule has 3 rings (SSSR count). The van der Waals surface area contributed by atoms with Crippen LogP contribution in [0.5, 0.6) is 5.75 Å². The summed E-state index contributed by atoms with van der Waals surface area (Å²) in [6.45, 7) is 3.89. The van der Waals surface area contributed by atoms with Crippen LogP contribution in [0.4, 0.5) is 0 Å². The molecule has 7 heteroatoms. The van der Waals surface area contributed by atoms with Crippen molar-refractivity contribution < 1.29 is 14.1 Å². The monoisotopic (exact) mass is 355 g/mol. The second-order valence-electron chi connectivity index (χ2n) is 5.19. The van der Waals surface area contributed by atoms with Gasteiger partial charge in [0.25, 0.3) is 5.91 Å². The van der Waals surface area contributed by atoms with E-state index in [0.717, 1.165) is 16.2 Å². The largest absolute Gasteiger partial charge is 0.496 e. The summed E-state index contributed by atoms with van der Waals surface area (Å²) in [5.74, 6) is 1.39. The van der Waals surface area contributed by atoms with Crippen LogP contribution in [-0.2, 0) is 13.0 Å². The van der Waals surface area contributed by atoms with Gasteiger partial charge in [0, 0.05) is 5.56 Å². The smallest absolute Gasteiger partial charge is 0.251 e. The maximum Gasteiger partial charge on any atom is 0.251 e. The first-order chi connectivity index (χ1) is 12.2. The fourth-order valence-electron chi connectivity index (χ4n) is 2.33. The van der Waals surface area contributed by atoms with Crippen LogP contribution >= 0.6 is 11.3 Å². The molecule has 1 amide bonds. The molecule has 3 aromatic rings. The number of thiophene rings is 1. The molecule has 0 saturated carbocycles. The number of nitrogens with zero attached hydrogens (tertiary/aromatic N) is 2. The molecular formula is C18H17N3O3S. The molecule has 0 radical (unpaired) electrons. The SMILES string of the molecule is C=CCc1cc(C(=O)NCc2nc(-c3cccs3)no2)ccc1OC. The van der Waals surface area contributed by atoms with Gasteiger partial charge in [-0.1, -0.05) is 17.3 Å². The number of carbonyl (C=O) groups is 1. The predicted octanol–water partition coefficient (Wildman–Crippen LogP) is 3.47. The highest BCUT2D eigenvalue weighted by molar-refractivity contribution is 7.13. The molecule has 0 saturated heterocycles. The number of nitrogens with one attached hydrogen (secondary N) is 1. The molecule has 1 aromatic carbocycles. The molecule has 2 heterocycles. The number of rotatable bonds is 7. The summed E-state index contributed by atoms with van der Waals surface area (Å²) in [7, 11) is 1.60. The van der Waals surface area contributed by atoms with E-state index in [1.165, 1.54) is 11.3 Å². The highest BCUT2D eigenvalue weighted by atomic mass is 32.1. The van der Waals surface area contributed by atoms with E-state index < -0.39 is 0 Å². The van der Waals surface area contributed by atoms with Crippen LogP contribution < -0.4 is 10.1 Å². The summed E-state index contributed by atoms with van der Waals surface area (Å²) < 4.78 is 10.5. The Bertz CT molecular complexity index is 872. The Hall–Kier alpha value is -2.93. The molecule has 0 atom stereocenters. The first kappa shape index (κ1) is 16.9. The molecule has 0 unspecified atom stereocenters. The van der Waals surface area contributed by atoms with Gasteiger partial charge in [0.15, 0.2) is 0 Å². The van der Waals surface area contributed by atoms with Crippen molar-refractivity contribution in [2.24, 2.45) is 0 Å². The molecule has 0 aliphatic heterocycles. The lowest BCUT2D eigenvalue weighted by molar-refractivity contribution is 0.0946. The second-order valence-corrected chi connectivity index (χ2v) is 6.14. The van der Waals surface area contributed by atoms with Crippen molar-refractivity contribution in [2.75, 3.05) is 7.11 Å². The highest BCUT2D eigenvalue weighted by Crippen LogP contribution is 2.22. The van der Waals surface area contributed by atoms with Crippen molar-refractivity contribution in [2.45, 2.75) is 13.0 Å². The third-order valence-electron chi connectivity index (χ3n) is 3.52. The van der Waals surface area contributed by atoms with Crippen LogP contribution in [0.25, 0.3) is 10.7 Å². The molecule has 2 aromatic heterocycles. The van der Waals surface area contributed by atoms with Crippen molar-refractivity contribution >= 4 is 17.2 Å². The van der Waals surface area contributed by atoms with Gasteiger partial charge in [-0.25, -0.2) is 0 Å². The summed E-state index contributed by atoms with van der Waals surface area (Å²) in [6, 6.07) is 9.11. The Kier molecular flexibility index (Phi) is 5.25. The number of benzene rings is 1. The zero-order valence-electron chi connectivity index (χ0n) is 13.7. The molecule has 128 valence electrons. The lowest BCUT2D eigenvalue weighted by Crippen LogP contribution is -2.23. The number of hydrogen-bond donors (Lipinski definition) is 1. The first-order valence-corrected chi connectivity index (χ1v) is 8.51. The summed E-state index contributed by atoms with van der Waals surface area (Å²) in [5, 5.41) is 8.64. The normalized spacial score (nSPS) is 10.4. The number of amides is 1. The standard InChI is InChI=1S/C18H17N3O3S/c1-3-5-12-10-13(7-8-14(12)23-2)18(22)19-11-16-20-17(21-24-16)15-6-4-9-25-15/h3-4,6-10H,1,5,11H2,2H3,(H,19,22). The van der Waals surface area contributed by atoms with Crippen LogP contribution in [0.1, 0.15) is 21.8 Å². The molecule has 0 aliphatic rings. The van der Waals surface area contributed by atoms with Crippen molar-refractivity contribution in [3.05, 3.63) is 65.4 Å². The molecule has 6 nitrogen and oxygen atoms in total. The Morgan fingerprint density at radius 1 is 1.44 bits per heavy atom. The molecule has 0 spiro atoms. The van der Waals surface area contributed by atoms with Crippen molar-refractivity contribution in [3.8, 4) is 16.5 Å². The van der Waals surface area contributed by atoms with Crippen molar-refractivity contribution in [1.29, 1.82) is 0 Å². The summed E-state index contributed by atoms with van der Waals surface area (Å²) in [5.41, 5.74) is 1.44. The van der Waals surface area contributed by atoms with E-state index in [1.807, 2.05) is 17.5 Å². The van der Waals surface area contributed by atoms with Gasteiger partial charge in [-0.3, -0.25) is 4.79 Å². The minimum Gasteiger partial charge on any atom is -0.496 e. The van der Waals surface area contributed by atoms with Gasteiger partial charge in [-0.05, 0) is 41.6 Å². The zero-order valence-corrected chi connectivity index (χ0v) is 14.5. The fraction of sp³-hybridized carbons (Fsp3) is 0.167. The fourth-order valence-corrected chi connectivity index (χ4v) is 2.97. The molecule has 0 aliphatic carbocycles. The second kappa shape index (κ2) is 7.76. The van der Waals surface area contributed by atoms with Gasteiger partial charge in [0.05, 0.1) is 18.5 Å². The van der Waals surface area contributed by atoms with Gasteiger partial charge >= 0.3 is 0 Å². The average Bonchev–Trinajstić information content (AvgIpc) is 3.31. The number of carbonyl (C=O) groups excluding carboxylic acids is 1. The Morgan fingerprint density at radius 2 is 2.32 bits per heavy atom. The minimum atomic E-state index is -0.219. The Labute approximate surface area is 149 Å². The predicted molar refractivity (Wildman–Crippen MR) is 95.7 cm³/mol. The van der Waals surface area contributed by atoms with E-state index in [1.54, 1.807) is 31.4 Å². The van der Waals surface area contributed by atoms with Gasteiger partial charge in [-0.2, -0.15) is 4.98 Å². The highest BCUT2D eigenvalue weighted by Gasteiger charge is 2.13. The van der Waals surface area contributed by atoms with Crippen LogP contribution in [-0.4, -0.2) is 23.2 Å². The number of ether oxygens (including phenoxy) is 1. The van der Waals surface area contributed by atoms with E-state index in [4.69, 9.17) is 9.26 Å². The first-order valence-electron chi connectivity index (χ1n) is 7.63. The van der Waals surface area contributed by atoms with Gasteiger partial charge in [0.1, 0.15) is 5.75 Å². The molecular weight excluding hydrogens is 338 g/mol. The van der Waals surface area contributed by atoms with E-state index in [0.29, 0.717) is 23.7 Å². The molecule has 0 fully saturated rings. The summed E-state index contributed by atoms with van der Waals surface area (Å²) >= 11 is 1.53. The summed E-state index contributed by atoms with van der Waals surface area (Å²) in [6.07, 6.45) is 2.39. The van der Waals surface area contributed by atoms with Gasteiger partial charge < -0.3 is 14.6 Å². The van der Waals surface area contributed by atoms with Crippen molar-refractivity contribution in [3.63, 3.8) is 0 Å². The topological polar surface area (TPSA) is 77.3 Å². The van der Waals surface area contributed by atoms with Crippen LogP contribution in [0.3, 0.4) is 0 Å². The lowest BCUT2D eigenvalue weighted by atomic mass is 10.1. The van der Waals surface area contributed by atoms with Crippen LogP contribution in [0.2, 0.25) is 0 Å². The van der Waals surface area contributed by atoms with E-state index in [9.17, 15) is 4.79 Å². The minimum absolute atomic E-state index is 0.167. The Morgan fingerprint density at radius 3 is 3.04 bits per heavy atom. The maximum atomic E-state index is 12.3. The van der Waals surface area contributed by atoms with E-state index in [2.05, 4.69) is 22.0 Å². The molecule has 25 heavy (non-hydrogen) atoms. The van der Waals surface area contributed by atoms with Gasteiger partial charge in [-0.15, -0.1) is 17.9 Å². The molecule has 1 N–H and O–H groups in total. The third-order valence-corrected chi connectivity index (χ3v) is 4.38. The zero-order chi connectivity index (χ0) is 17.6. The van der Waals surface area contributed by atoms with Crippen LogP contribution in [0, 0.1) is 0 Å². The maximum absolute atomic E-state index is 12.3. The van der Waals surface area contributed by atoms with Crippen molar-refractivity contribution in [1.82, 2.24) is 15.5 Å². The average molecular weight is 355 g/mol. The number of hydrogen-bond acceptors (Lipinski definition) is 6. The number of methoxy groups -OCH3 is 1. The molecule has 0 bridgehead atoms.